The molecule has 1 aromatic carbocycles. The van der Waals surface area contributed by atoms with Gasteiger partial charge in [0.2, 0.25) is 0 Å². The molecule has 0 fully saturated rings. The highest BCUT2D eigenvalue weighted by Gasteiger charge is 2.15. The van der Waals surface area contributed by atoms with Gasteiger partial charge in [0.25, 0.3) is 5.91 Å². The van der Waals surface area contributed by atoms with Crippen molar-refractivity contribution in [3.63, 3.8) is 0 Å². The number of rotatable bonds is 13. The number of aryl methyl sites for hydroxylation is 1. The van der Waals surface area contributed by atoms with Gasteiger partial charge in [-0.25, -0.2) is 0 Å². The zero-order valence-corrected chi connectivity index (χ0v) is 16.8. The molecule has 0 saturated carbocycles. The van der Waals surface area contributed by atoms with Crippen LogP contribution < -0.4 is 0 Å². The molecule has 1 amide bonds. The lowest BCUT2D eigenvalue weighted by molar-refractivity contribution is -0.144. The number of unbranched alkanes of at least 4 members (excludes halogenated alkanes) is 7. The Morgan fingerprint density at radius 2 is 1.46 bits per heavy atom. The summed E-state index contributed by atoms with van der Waals surface area (Å²) in [5, 5.41) is 0. The molecule has 0 heterocycles. The van der Waals surface area contributed by atoms with Crippen LogP contribution in [-0.2, 0) is 16.0 Å². The summed E-state index contributed by atoms with van der Waals surface area (Å²) >= 11 is 0. The highest BCUT2D eigenvalue weighted by molar-refractivity contribution is 5.95. The summed E-state index contributed by atoms with van der Waals surface area (Å²) < 4.78 is 5.25. The maximum Gasteiger partial charge on any atom is 0.325 e. The van der Waals surface area contributed by atoms with Crippen LogP contribution in [0.25, 0.3) is 0 Å². The predicted octanol–water partition coefficient (Wildman–Crippen LogP) is 5.00. The van der Waals surface area contributed by atoms with Crippen LogP contribution in [0, 0.1) is 0 Å². The standard InChI is InChI=1S/C22H35NO3/c1-4-6-7-8-9-10-11-12-17-26-21(24)18-23(3)22(25)20-15-13-19(5-2)14-16-20/h13-16H,4-12,17-18H2,1-3H3. The van der Waals surface area contributed by atoms with E-state index in [4.69, 9.17) is 4.74 Å². The van der Waals surface area contributed by atoms with E-state index >= 15 is 0 Å². The molecule has 0 radical (unpaired) electrons. The molecule has 0 bridgehead atoms. The van der Waals surface area contributed by atoms with Gasteiger partial charge in [0.1, 0.15) is 6.54 Å². The van der Waals surface area contributed by atoms with E-state index in [9.17, 15) is 9.59 Å². The zero-order chi connectivity index (χ0) is 19.2. The third kappa shape index (κ3) is 9.02. The lowest BCUT2D eigenvalue weighted by Gasteiger charge is -2.16. The second-order valence-electron chi connectivity index (χ2n) is 6.91. The van der Waals surface area contributed by atoms with E-state index in [1.54, 1.807) is 7.05 Å². The summed E-state index contributed by atoms with van der Waals surface area (Å²) in [5.41, 5.74) is 1.79. The third-order valence-corrected chi connectivity index (χ3v) is 4.58. The molecule has 0 aliphatic rings. The molecule has 1 rings (SSSR count). The van der Waals surface area contributed by atoms with Gasteiger partial charge < -0.3 is 9.64 Å². The van der Waals surface area contributed by atoms with Gasteiger partial charge in [0.05, 0.1) is 6.61 Å². The number of hydrogen-bond donors (Lipinski definition) is 0. The monoisotopic (exact) mass is 361 g/mol. The van der Waals surface area contributed by atoms with Gasteiger partial charge in [0, 0.05) is 12.6 Å². The molecule has 0 unspecified atom stereocenters. The first kappa shape index (κ1) is 22.2. The molecule has 0 saturated heterocycles. The van der Waals surface area contributed by atoms with Gasteiger partial charge in [-0.1, -0.05) is 70.9 Å². The molecule has 1 aromatic rings. The van der Waals surface area contributed by atoms with Gasteiger partial charge in [-0.05, 0) is 30.5 Å². The Bertz CT molecular complexity index is 525. The largest absolute Gasteiger partial charge is 0.464 e. The number of benzene rings is 1. The van der Waals surface area contributed by atoms with Crippen LogP contribution in [0.2, 0.25) is 0 Å². The van der Waals surface area contributed by atoms with E-state index in [0.717, 1.165) is 19.3 Å². The number of ether oxygens (including phenoxy) is 1. The number of amides is 1. The van der Waals surface area contributed by atoms with Crippen molar-refractivity contribution in [1.29, 1.82) is 0 Å². The summed E-state index contributed by atoms with van der Waals surface area (Å²) in [4.78, 5) is 25.6. The molecular weight excluding hydrogens is 326 g/mol. The van der Waals surface area contributed by atoms with Crippen molar-refractivity contribution in [3.05, 3.63) is 35.4 Å². The van der Waals surface area contributed by atoms with Crippen LogP contribution in [-0.4, -0.2) is 37.0 Å². The Hall–Kier alpha value is -1.84. The van der Waals surface area contributed by atoms with Gasteiger partial charge in [-0.2, -0.15) is 0 Å². The maximum atomic E-state index is 12.3. The highest BCUT2D eigenvalue weighted by atomic mass is 16.5. The second kappa shape index (κ2) is 13.4. The quantitative estimate of drug-likeness (QED) is 0.367. The average molecular weight is 362 g/mol. The van der Waals surface area contributed by atoms with E-state index in [1.807, 2.05) is 24.3 Å². The van der Waals surface area contributed by atoms with Crippen molar-refractivity contribution in [1.82, 2.24) is 4.90 Å². The van der Waals surface area contributed by atoms with E-state index in [1.165, 1.54) is 49.0 Å². The number of esters is 1. The van der Waals surface area contributed by atoms with Gasteiger partial charge >= 0.3 is 5.97 Å². The smallest absolute Gasteiger partial charge is 0.325 e. The Kier molecular flexibility index (Phi) is 11.4. The van der Waals surface area contributed by atoms with Crippen molar-refractivity contribution >= 4 is 11.9 Å². The van der Waals surface area contributed by atoms with Crippen LogP contribution in [0.1, 0.15) is 81.1 Å². The number of hydrogen-bond acceptors (Lipinski definition) is 3. The fraction of sp³-hybridized carbons (Fsp3) is 0.636. The Labute approximate surface area is 158 Å². The van der Waals surface area contributed by atoms with Crippen LogP contribution in [0.3, 0.4) is 0 Å². The van der Waals surface area contributed by atoms with Crippen molar-refractivity contribution in [2.45, 2.75) is 71.6 Å². The predicted molar refractivity (Wildman–Crippen MR) is 106 cm³/mol. The Morgan fingerprint density at radius 3 is 2.04 bits per heavy atom. The minimum absolute atomic E-state index is 0.00855. The van der Waals surface area contributed by atoms with Gasteiger partial charge in [-0.15, -0.1) is 0 Å². The summed E-state index contributed by atoms with van der Waals surface area (Å²) in [6.07, 6.45) is 10.6. The molecule has 4 nitrogen and oxygen atoms in total. The fourth-order valence-electron chi connectivity index (χ4n) is 2.84. The second-order valence-corrected chi connectivity index (χ2v) is 6.91. The van der Waals surface area contributed by atoms with Gasteiger partial charge in [-0.3, -0.25) is 9.59 Å². The molecule has 146 valence electrons. The number of likely N-dealkylation sites (N-methyl/N-ethyl adjacent to an activating group) is 1. The summed E-state index contributed by atoms with van der Waals surface area (Å²) in [7, 11) is 1.63. The summed E-state index contributed by atoms with van der Waals surface area (Å²) in [6, 6.07) is 7.51. The number of carbonyl (C=O) groups excluding carboxylic acids is 2. The van der Waals surface area contributed by atoms with Crippen molar-refractivity contribution < 1.29 is 14.3 Å². The summed E-state index contributed by atoms with van der Waals surface area (Å²) in [5.74, 6) is -0.495. The first-order chi connectivity index (χ1) is 12.6. The number of nitrogens with zero attached hydrogens (tertiary/aromatic N) is 1. The average Bonchev–Trinajstić information content (AvgIpc) is 2.66. The molecule has 4 heteroatoms. The van der Waals surface area contributed by atoms with Crippen LogP contribution in [0.15, 0.2) is 24.3 Å². The molecule has 26 heavy (non-hydrogen) atoms. The third-order valence-electron chi connectivity index (χ3n) is 4.58. The van der Waals surface area contributed by atoms with Crippen LogP contribution in [0.4, 0.5) is 0 Å². The van der Waals surface area contributed by atoms with Crippen molar-refractivity contribution in [2.24, 2.45) is 0 Å². The normalized spacial score (nSPS) is 10.6. The topological polar surface area (TPSA) is 46.6 Å². The minimum Gasteiger partial charge on any atom is -0.464 e. The van der Waals surface area contributed by atoms with Gasteiger partial charge in [0.15, 0.2) is 0 Å². The van der Waals surface area contributed by atoms with Crippen molar-refractivity contribution in [2.75, 3.05) is 20.2 Å². The zero-order valence-electron chi connectivity index (χ0n) is 16.8. The molecule has 0 aliphatic carbocycles. The molecule has 0 spiro atoms. The Balaban J connectivity index is 2.16. The van der Waals surface area contributed by atoms with E-state index in [2.05, 4.69) is 13.8 Å². The molecule has 0 aromatic heterocycles. The SMILES string of the molecule is CCCCCCCCCCOC(=O)CN(C)C(=O)c1ccc(CC)cc1. The van der Waals surface area contributed by atoms with Crippen LogP contribution >= 0.6 is 0 Å². The Morgan fingerprint density at radius 1 is 0.885 bits per heavy atom. The highest BCUT2D eigenvalue weighted by Crippen LogP contribution is 2.09. The minimum atomic E-state index is -0.339. The summed E-state index contributed by atoms with van der Waals surface area (Å²) in [6.45, 7) is 4.74. The first-order valence-electron chi connectivity index (χ1n) is 10.1. The lowest BCUT2D eigenvalue weighted by Crippen LogP contribution is -2.33. The first-order valence-corrected chi connectivity index (χ1v) is 10.1. The van der Waals surface area contributed by atoms with E-state index < -0.39 is 0 Å². The van der Waals surface area contributed by atoms with Crippen molar-refractivity contribution in [3.8, 4) is 0 Å². The molecule has 0 N–H and O–H groups in total. The van der Waals surface area contributed by atoms with E-state index in [-0.39, 0.29) is 18.4 Å². The maximum absolute atomic E-state index is 12.3. The lowest BCUT2D eigenvalue weighted by atomic mass is 10.1. The van der Waals surface area contributed by atoms with E-state index in [0.29, 0.717) is 12.2 Å². The molecular formula is C22H35NO3. The fourth-order valence-corrected chi connectivity index (χ4v) is 2.84. The molecule has 0 aliphatic heterocycles. The number of carbonyl (C=O) groups is 2. The molecule has 0 atom stereocenters. The van der Waals surface area contributed by atoms with Crippen LogP contribution in [0.5, 0.6) is 0 Å².